The molecular weight excluding hydrogens is 672 g/mol. The minimum Gasteiger partial charge on any atom is -0.462 e. The first-order chi connectivity index (χ1) is 24.7. The molecular formula is C39H62N2O11. The van der Waals surface area contributed by atoms with Crippen molar-refractivity contribution in [2.45, 2.75) is 122 Å². The average Bonchev–Trinajstić information content (AvgIpc) is 3.58. The molecule has 1 aromatic heterocycles. The standard InChI is InChI=1S/C39H62N2O11/c1-26(17-18-31(44)27(2)32(48-7)16-13-19-41(5)25-42)34(50-9)22-36-39(3,4)35(45)23-37-40-30(24-51-37)33(49-8)15-12-10-11-14-29(47-6)20-28(43)21-38(46)52-36/h10-14,19,24-29,32-36,43,45H,15-18,20-23H2,1-9H3/b12-10+,14-11+,19-13+/t26-,27-,28-,29?,32+,33-,34+,35-,36?/m0/s1. The maximum Gasteiger partial charge on any atom is 0.308 e. The Morgan fingerprint density at radius 1 is 1.10 bits per heavy atom. The Kier molecular flexibility index (Phi) is 19.7. The van der Waals surface area contributed by atoms with Crippen molar-refractivity contribution in [2.75, 3.05) is 35.5 Å². The maximum absolute atomic E-state index is 13.4. The molecule has 9 atom stereocenters. The minimum absolute atomic E-state index is 0.0368. The molecule has 1 amide bonds. The molecule has 2 rings (SSSR count). The van der Waals surface area contributed by atoms with Crippen molar-refractivity contribution in [3.8, 4) is 0 Å². The number of oxazole rings is 1. The molecule has 2 bridgehead atoms. The van der Waals surface area contributed by atoms with Gasteiger partial charge in [0.25, 0.3) is 0 Å². The van der Waals surface area contributed by atoms with Crippen LogP contribution in [0.25, 0.3) is 0 Å². The zero-order chi connectivity index (χ0) is 38.8. The van der Waals surface area contributed by atoms with Gasteiger partial charge in [0.2, 0.25) is 6.41 Å². The number of aromatic nitrogens is 1. The molecule has 13 nitrogen and oxygen atoms in total. The highest BCUT2D eigenvalue weighted by Crippen LogP contribution is 2.36. The zero-order valence-corrected chi connectivity index (χ0v) is 32.4. The topological polar surface area (TPSA) is 167 Å². The first-order valence-corrected chi connectivity index (χ1v) is 18.0. The van der Waals surface area contributed by atoms with Crippen LogP contribution < -0.4 is 0 Å². The normalized spacial score (nSPS) is 26.9. The van der Waals surface area contributed by atoms with Crippen molar-refractivity contribution in [1.82, 2.24) is 9.88 Å². The summed E-state index contributed by atoms with van der Waals surface area (Å²) in [5.41, 5.74) is -0.428. The zero-order valence-electron chi connectivity index (χ0n) is 32.4. The summed E-state index contributed by atoms with van der Waals surface area (Å²) >= 11 is 0. The molecule has 0 aromatic carbocycles. The van der Waals surface area contributed by atoms with Crippen LogP contribution in [0.3, 0.4) is 0 Å². The molecule has 2 unspecified atom stereocenters. The summed E-state index contributed by atoms with van der Waals surface area (Å²) in [4.78, 5) is 43.4. The number of hydrogen-bond acceptors (Lipinski definition) is 12. The number of rotatable bonds is 16. The third-order valence-electron chi connectivity index (χ3n) is 10.1. The summed E-state index contributed by atoms with van der Waals surface area (Å²) in [6.07, 6.45) is 10.5. The van der Waals surface area contributed by atoms with Gasteiger partial charge < -0.3 is 43.2 Å². The quantitative estimate of drug-likeness (QED) is 0.174. The molecule has 1 aliphatic heterocycles. The summed E-state index contributed by atoms with van der Waals surface area (Å²) < 4.78 is 34.5. The second kappa shape index (κ2) is 22.8. The van der Waals surface area contributed by atoms with Crippen LogP contribution in [0.2, 0.25) is 0 Å². The van der Waals surface area contributed by atoms with Crippen molar-refractivity contribution in [3.63, 3.8) is 0 Å². The lowest BCUT2D eigenvalue weighted by Crippen LogP contribution is -2.46. The molecule has 0 spiro atoms. The fourth-order valence-electron chi connectivity index (χ4n) is 6.19. The summed E-state index contributed by atoms with van der Waals surface area (Å²) in [6, 6.07) is 0. The molecule has 0 aliphatic carbocycles. The molecule has 2 heterocycles. The number of carbonyl (C=O) groups is 3. The minimum atomic E-state index is -1.05. The largest absolute Gasteiger partial charge is 0.462 e. The number of allylic oxidation sites excluding steroid dienone is 2. The second-order valence-corrected chi connectivity index (χ2v) is 14.3. The van der Waals surface area contributed by atoms with Gasteiger partial charge in [-0.1, -0.05) is 58.1 Å². The van der Waals surface area contributed by atoms with E-state index in [-0.39, 0.29) is 61.9 Å². The molecule has 13 heteroatoms. The highest BCUT2D eigenvalue weighted by Gasteiger charge is 2.42. The number of carbonyl (C=O) groups excluding carboxylic acids is 3. The predicted molar refractivity (Wildman–Crippen MR) is 195 cm³/mol. The van der Waals surface area contributed by atoms with Crippen LogP contribution in [-0.4, -0.2) is 110 Å². The Balaban J connectivity index is 2.29. The third-order valence-corrected chi connectivity index (χ3v) is 10.1. The predicted octanol–water partition coefficient (Wildman–Crippen LogP) is 4.91. The first kappa shape index (κ1) is 45.0. The van der Waals surface area contributed by atoms with Crippen LogP contribution in [0.1, 0.15) is 90.3 Å². The number of fused-ring (bicyclic) bond motifs is 2. The molecule has 1 aromatic rings. The van der Waals surface area contributed by atoms with Crippen LogP contribution in [0, 0.1) is 17.3 Å². The number of nitrogens with zero attached hydrogens (tertiary/aromatic N) is 2. The number of ether oxygens (including phenoxy) is 5. The molecule has 0 radical (unpaired) electrons. The molecule has 294 valence electrons. The van der Waals surface area contributed by atoms with Gasteiger partial charge >= 0.3 is 5.97 Å². The Morgan fingerprint density at radius 2 is 1.81 bits per heavy atom. The molecule has 0 fully saturated rings. The molecule has 0 saturated carbocycles. The monoisotopic (exact) mass is 734 g/mol. The van der Waals surface area contributed by atoms with Crippen LogP contribution >= 0.6 is 0 Å². The van der Waals surface area contributed by atoms with Crippen molar-refractivity contribution in [3.05, 3.63) is 54.4 Å². The number of aliphatic hydroxyl groups excluding tert-OH is 2. The molecule has 2 N–H and O–H groups in total. The first-order valence-electron chi connectivity index (χ1n) is 18.0. The van der Waals surface area contributed by atoms with Gasteiger partial charge in [-0.3, -0.25) is 14.4 Å². The van der Waals surface area contributed by atoms with Gasteiger partial charge in [0, 0.05) is 72.3 Å². The lowest BCUT2D eigenvalue weighted by atomic mass is 9.75. The number of cyclic esters (lactones) is 1. The van der Waals surface area contributed by atoms with E-state index in [1.54, 1.807) is 46.7 Å². The fraction of sp³-hybridized carbons (Fsp3) is 0.692. The van der Waals surface area contributed by atoms with Crippen molar-refractivity contribution >= 4 is 18.2 Å². The Bertz CT molecular complexity index is 1310. The lowest BCUT2D eigenvalue weighted by molar-refractivity contribution is -0.167. The smallest absolute Gasteiger partial charge is 0.308 e. The van der Waals surface area contributed by atoms with E-state index in [0.29, 0.717) is 37.3 Å². The van der Waals surface area contributed by atoms with Gasteiger partial charge in [0.05, 0.1) is 43.4 Å². The van der Waals surface area contributed by atoms with Crippen LogP contribution in [0.5, 0.6) is 0 Å². The van der Waals surface area contributed by atoms with E-state index in [9.17, 15) is 24.6 Å². The van der Waals surface area contributed by atoms with Gasteiger partial charge in [-0.2, -0.15) is 0 Å². The van der Waals surface area contributed by atoms with Gasteiger partial charge in [0.15, 0.2) is 5.89 Å². The van der Waals surface area contributed by atoms with E-state index in [4.69, 9.17) is 28.1 Å². The molecule has 1 aliphatic rings. The number of methoxy groups -OCH3 is 4. The second-order valence-electron chi connectivity index (χ2n) is 14.3. The number of aliphatic hydroxyl groups is 2. The van der Waals surface area contributed by atoms with E-state index < -0.39 is 41.9 Å². The third kappa shape index (κ3) is 14.3. The summed E-state index contributed by atoms with van der Waals surface area (Å²) in [7, 11) is 7.89. The molecule has 52 heavy (non-hydrogen) atoms. The summed E-state index contributed by atoms with van der Waals surface area (Å²) in [5.74, 6) is -0.777. The highest BCUT2D eigenvalue weighted by molar-refractivity contribution is 5.81. The molecule has 0 saturated heterocycles. The van der Waals surface area contributed by atoms with Gasteiger partial charge in [-0.05, 0) is 25.2 Å². The maximum atomic E-state index is 13.4. The Morgan fingerprint density at radius 3 is 2.44 bits per heavy atom. The highest BCUT2D eigenvalue weighted by atomic mass is 16.5. The van der Waals surface area contributed by atoms with Crippen LogP contribution in [0.15, 0.2) is 47.3 Å². The summed E-state index contributed by atoms with van der Waals surface area (Å²) in [6.45, 7) is 7.43. The van der Waals surface area contributed by atoms with E-state index in [1.807, 2.05) is 45.9 Å². The van der Waals surface area contributed by atoms with Crippen molar-refractivity contribution < 1.29 is 52.7 Å². The van der Waals surface area contributed by atoms with Crippen molar-refractivity contribution in [1.29, 1.82) is 0 Å². The number of hydrogen-bond donors (Lipinski definition) is 2. The van der Waals surface area contributed by atoms with Gasteiger partial charge in [0.1, 0.15) is 29.9 Å². The lowest BCUT2D eigenvalue weighted by Gasteiger charge is -2.40. The van der Waals surface area contributed by atoms with Crippen LogP contribution in [-0.2, 0) is 44.5 Å². The number of amides is 1. The van der Waals surface area contributed by atoms with Gasteiger partial charge in [-0.15, -0.1) is 0 Å². The fourth-order valence-corrected chi connectivity index (χ4v) is 6.19. The van der Waals surface area contributed by atoms with E-state index >= 15 is 0 Å². The van der Waals surface area contributed by atoms with Crippen molar-refractivity contribution in [2.24, 2.45) is 17.3 Å². The SMILES string of the molecule is COC1/C=C/C=C/C[C@H](OC)c2coc(n2)C[C@H](O)C(C)(C)C(C[C@@H](OC)[C@@H](C)CCC(=O)[C@H](C)[C@@H](C/C=C/N(C)C=O)OC)OC(=O)C[C@@H](O)C1. The summed E-state index contributed by atoms with van der Waals surface area (Å²) in [5, 5.41) is 22.4. The number of esters is 1. The number of Topliss-reactive ketones (excluding diaryl/α,β-unsaturated/α-hetero) is 1. The number of ketones is 1. The van der Waals surface area contributed by atoms with E-state index in [1.165, 1.54) is 18.3 Å². The van der Waals surface area contributed by atoms with E-state index in [0.717, 1.165) is 0 Å². The average molecular weight is 735 g/mol. The Hall–Kier alpha value is -3.20. The van der Waals surface area contributed by atoms with E-state index in [2.05, 4.69) is 4.98 Å². The van der Waals surface area contributed by atoms with Crippen LogP contribution in [0.4, 0.5) is 0 Å². The van der Waals surface area contributed by atoms with Gasteiger partial charge in [-0.25, -0.2) is 4.98 Å². The Labute approximate surface area is 309 Å².